The third-order valence-electron chi connectivity index (χ3n) is 5.02. The average molecular weight is 365 g/mol. The van der Waals surface area contributed by atoms with Crippen molar-refractivity contribution in [3.63, 3.8) is 0 Å². The van der Waals surface area contributed by atoms with Gasteiger partial charge in [0.25, 0.3) is 17.7 Å². The molecule has 3 saturated heterocycles. The fourth-order valence-electron chi connectivity index (χ4n) is 3.84. The molecule has 1 aromatic carbocycles. The summed E-state index contributed by atoms with van der Waals surface area (Å²) in [5, 5.41) is 1.44. The van der Waals surface area contributed by atoms with Crippen molar-refractivity contribution in [1.82, 2.24) is 10.4 Å². The molecule has 0 aliphatic carbocycles. The summed E-state index contributed by atoms with van der Waals surface area (Å²) in [6, 6.07) is 5.03. The molecule has 25 heavy (non-hydrogen) atoms. The van der Waals surface area contributed by atoms with Gasteiger partial charge in [-0.3, -0.25) is 19.8 Å². The second-order valence-electron chi connectivity index (χ2n) is 6.59. The van der Waals surface area contributed by atoms with Crippen molar-refractivity contribution in [2.24, 2.45) is 11.8 Å². The number of imide groups is 1. The Labute approximate surface area is 149 Å². The molecule has 3 heterocycles. The largest absolute Gasteiger partial charge is 0.484 e. The van der Waals surface area contributed by atoms with E-state index >= 15 is 0 Å². The summed E-state index contributed by atoms with van der Waals surface area (Å²) >= 11 is 5.94. The lowest BCUT2D eigenvalue weighted by Gasteiger charge is -2.18. The number of carbonyl (C=O) groups excluding carboxylic acids is 3. The van der Waals surface area contributed by atoms with E-state index in [4.69, 9.17) is 21.1 Å². The van der Waals surface area contributed by atoms with Gasteiger partial charge in [0.15, 0.2) is 6.61 Å². The SMILES string of the molecule is Cc1cc(OCC(=O)NN2C(=O)C3C4CCC(O4)C3C2=O)ccc1Cl. The summed E-state index contributed by atoms with van der Waals surface area (Å²) in [6.45, 7) is 1.52. The normalized spacial score (nSPS) is 29.9. The van der Waals surface area contributed by atoms with Crippen LogP contribution in [-0.4, -0.2) is 41.5 Å². The van der Waals surface area contributed by atoms with Gasteiger partial charge in [0.2, 0.25) is 0 Å². The van der Waals surface area contributed by atoms with Gasteiger partial charge >= 0.3 is 0 Å². The number of hydrogen-bond donors (Lipinski definition) is 1. The van der Waals surface area contributed by atoms with Crippen LogP contribution in [0.3, 0.4) is 0 Å². The van der Waals surface area contributed by atoms with E-state index in [-0.39, 0.29) is 18.8 Å². The lowest BCUT2D eigenvalue weighted by atomic mass is 9.81. The van der Waals surface area contributed by atoms with Crippen LogP contribution < -0.4 is 10.2 Å². The number of fused-ring (bicyclic) bond motifs is 5. The van der Waals surface area contributed by atoms with Crippen molar-refractivity contribution in [2.75, 3.05) is 6.61 Å². The predicted octanol–water partition coefficient (Wildman–Crippen LogP) is 1.22. The van der Waals surface area contributed by atoms with Crippen molar-refractivity contribution >= 4 is 29.3 Å². The number of hydrogen-bond acceptors (Lipinski definition) is 5. The van der Waals surface area contributed by atoms with E-state index in [2.05, 4.69) is 5.43 Å². The van der Waals surface area contributed by atoms with Gasteiger partial charge < -0.3 is 9.47 Å². The maximum absolute atomic E-state index is 12.4. The Hall–Kier alpha value is -2.12. The van der Waals surface area contributed by atoms with Crippen LogP contribution in [0.15, 0.2) is 18.2 Å². The number of ether oxygens (including phenoxy) is 2. The highest BCUT2D eigenvalue weighted by Crippen LogP contribution is 2.47. The number of aryl methyl sites for hydroxylation is 1. The molecule has 0 spiro atoms. The molecule has 3 amide bonds. The van der Waals surface area contributed by atoms with Crippen LogP contribution in [0, 0.1) is 18.8 Å². The second kappa shape index (κ2) is 6.00. The minimum Gasteiger partial charge on any atom is -0.484 e. The number of rotatable bonds is 4. The minimum atomic E-state index is -0.567. The number of carbonyl (C=O) groups is 3. The number of halogens is 1. The van der Waals surface area contributed by atoms with Crippen LogP contribution >= 0.6 is 11.6 Å². The standard InChI is InChI=1S/C17H17ClN2O5/c1-8-6-9(2-3-10(8)18)24-7-13(21)19-20-16(22)14-11-4-5-12(25-11)15(14)17(20)23/h2-3,6,11-12,14-15H,4-5,7H2,1H3,(H,19,21). The van der Waals surface area contributed by atoms with Crippen molar-refractivity contribution in [3.8, 4) is 5.75 Å². The Bertz CT molecular complexity index is 739. The molecule has 0 saturated carbocycles. The zero-order valence-corrected chi connectivity index (χ0v) is 14.3. The molecule has 7 nitrogen and oxygen atoms in total. The van der Waals surface area contributed by atoms with Crippen LogP contribution in [0.1, 0.15) is 18.4 Å². The van der Waals surface area contributed by atoms with Gasteiger partial charge in [-0.2, -0.15) is 5.01 Å². The Morgan fingerprint density at radius 1 is 1.28 bits per heavy atom. The quantitative estimate of drug-likeness (QED) is 0.812. The van der Waals surface area contributed by atoms with Crippen molar-refractivity contribution in [1.29, 1.82) is 0 Å². The van der Waals surface area contributed by atoms with Crippen molar-refractivity contribution in [2.45, 2.75) is 32.0 Å². The predicted molar refractivity (Wildman–Crippen MR) is 86.6 cm³/mol. The van der Waals surface area contributed by atoms with Gasteiger partial charge in [-0.15, -0.1) is 0 Å². The molecule has 132 valence electrons. The average Bonchev–Trinajstić information content (AvgIpc) is 3.26. The smallest absolute Gasteiger partial charge is 0.276 e. The summed E-state index contributed by atoms with van der Waals surface area (Å²) in [4.78, 5) is 36.9. The molecule has 2 bridgehead atoms. The Kier molecular flexibility index (Phi) is 3.92. The van der Waals surface area contributed by atoms with E-state index in [1.807, 2.05) is 6.92 Å². The minimum absolute atomic E-state index is 0.207. The maximum Gasteiger partial charge on any atom is 0.276 e. The highest BCUT2D eigenvalue weighted by atomic mass is 35.5. The summed E-state index contributed by atoms with van der Waals surface area (Å²) in [5.74, 6) is -1.80. The highest BCUT2D eigenvalue weighted by molar-refractivity contribution is 6.31. The number of benzene rings is 1. The summed E-state index contributed by atoms with van der Waals surface area (Å²) in [5.41, 5.74) is 3.19. The van der Waals surface area contributed by atoms with E-state index in [1.54, 1.807) is 18.2 Å². The highest BCUT2D eigenvalue weighted by Gasteiger charge is 2.62. The van der Waals surface area contributed by atoms with E-state index < -0.39 is 29.6 Å². The maximum atomic E-state index is 12.4. The van der Waals surface area contributed by atoms with Crippen molar-refractivity contribution < 1.29 is 23.9 Å². The molecule has 0 radical (unpaired) electrons. The fourth-order valence-corrected chi connectivity index (χ4v) is 3.95. The van der Waals surface area contributed by atoms with Gasteiger partial charge in [-0.05, 0) is 43.5 Å². The van der Waals surface area contributed by atoms with Crippen LogP contribution in [0.25, 0.3) is 0 Å². The lowest BCUT2D eigenvalue weighted by molar-refractivity contribution is -0.151. The summed E-state index contributed by atoms with van der Waals surface area (Å²) in [6.07, 6.45) is 1.15. The van der Waals surface area contributed by atoms with Gasteiger partial charge in [0.05, 0.1) is 24.0 Å². The monoisotopic (exact) mass is 364 g/mol. The van der Waals surface area contributed by atoms with Crippen LogP contribution in [0.4, 0.5) is 0 Å². The molecule has 4 unspecified atom stereocenters. The van der Waals surface area contributed by atoms with Crippen LogP contribution in [0.5, 0.6) is 5.75 Å². The first-order valence-corrected chi connectivity index (χ1v) is 8.55. The van der Waals surface area contributed by atoms with E-state index in [9.17, 15) is 14.4 Å². The first kappa shape index (κ1) is 16.4. The number of amides is 3. The van der Waals surface area contributed by atoms with Gasteiger partial charge in [-0.1, -0.05) is 11.6 Å². The molecule has 3 fully saturated rings. The van der Waals surface area contributed by atoms with Gasteiger partial charge in [0, 0.05) is 5.02 Å². The third kappa shape index (κ3) is 2.67. The fraction of sp³-hybridized carbons (Fsp3) is 0.471. The van der Waals surface area contributed by atoms with E-state index in [0.29, 0.717) is 10.8 Å². The molecular weight excluding hydrogens is 348 g/mol. The molecule has 1 aromatic rings. The van der Waals surface area contributed by atoms with Crippen LogP contribution in [0.2, 0.25) is 5.02 Å². The first-order chi connectivity index (χ1) is 12.0. The van der Waals surface area contributed by atoms with Crippen LogP contribution in [-0.2, 0) is 19.1 Å². The lowest BCUT2D eigenvalue weighted by Crippen LogP contribution is -2.49. The Morgan fingerprint density at radius 2 is 1.92 bits per heavy atom. The zero-order valence-electron chi connectivity index (χ0n) is 13.5. The van der Waals surface area contributed by atoms with E-state index in [1.165, 1.54) is 0 Å². The molecule has 1 N–H and O–H groups in total. The molecule has 3 aliphatic rings. The first-order valence-electron chi connectivity index (χ1n) is 8.17. The van der Waals surface area contributed by atoms with Crippen molar-refractivity contribution in [3.05, 3.63) is 28.8 Å². The Balaban J connectivity index is 1.37. The Morgan fingerprint density at radius 3 is 2.52 bits per heavy atom. The molecule has 4 atom stereocenters. The van der Waals surface area contributed by atoms with E-state index in [0.717, 1.165) is 23.4 Å². The molecule has 0 aromatic heterocycles. The summed E-state index contributed by atoms with van der Waals surface area (Å²) in [7, 11) is 0. The third-order valence-corrected chi connectivity index (χ3v) is 5.44. The molecule has 4 rings (SSSR count). The molecular formula is C17H17ClN2O5. The number of hydrazine groups is 1. The molecule has 8 heteroatoms. The zero-order chi connectivity index (χ0) is 17.7. The number of nitrogens with one attached hydrogen (secondary N) is 1. The van der Waals surface area contributed by atoms with Gasteiger partial charge in [-0.25, -0.2) is 0 Å². The summed E-state index contributed by atoms with van der Waals surface area (Å²) < 4.78 is 11.0. The number of nitrogens with zero attached hydrogens (tertiary/aromatic N) is 1. The molecule has 3 aliphatic heterocycles. The second-order valence-corrected chi connectivity index (χ2v) is 7.00. The van der Waals surface area contributed by atoms with Gasteiger partial charge in [0.1, 0.15) is 5.75 Å². The topological polar surface area (TPSA) is 84.9 Å².